The van der Waals surface area contributed by atoms with Crippen LogP contribution in [0.5, 0.6) is 0 Å². The van der Waals surface area contributed by atoms with Crippen molar-refractivity contribution in [2.24, 2.45) is 5.73 Å². The highest BCUT2D eigenvalue weighted by molar-refractivity contribution is 6.04. The van der Waals surface area contributed by atoms with Gasteiger partial charge in [-0.25, -0.2) is 18.7 Å². The van der Waals surface area contributed by atoms with Crippen molar-refractivity contribution in [3.63, 3.8) is 0 Å². The van der Waals surface area contributed by atoms with E-state index in [1.165, 1.54) is 36.7 Å². The quantitative estimate of drug-likeness (QED) is 0.271. The maximum atomic E-state index is 13.5. The maximum absolute atomic E-state index is 13.5. The van der Waals surface area contributed by atoms with Crippen LogP contribution in [0.25, 0.3) is 28.0 Å². The first-order valence-corrected chi connectivity index (χ1v) is 12.1. The molecule has 0 aliphatic carbocycles. The fraction of sp³-hybridized carbons (Fsp3) is 0.185. The third kappa shape index (κ3) is 5.27. The summed E-state index contributed by atoms with van der Waals surface area (Å²) in [4.78, 5) is 34.7. The molecule has 0 spiro atoms. The van der Waals surface area contributed by atoms with E-state index in [1.54, 1.807) is 24.3 Å². The number of benzene rings is 2. The Balaban J connectivity index is 1.45. The number of fused-ring (bicyclic) bond motifs is 1. The summed E-state index contributed by atoms with van der Waals surface area (Å²) in [7, 11) is 0. The van der Waals surface area contributed by atoms with Gasteiger partial charge in [0.25, 0.3) is 11.5 Å². The standard InChI is InChI=1S/C27H24F2N8O2/c1-14(2)20-11-19(27(39)37(36-20)18-9-5-16(28)6-10-18)26(38)33-17-7-3-15(4-8-17)24-23-21(12-22(29)30)31-13-32-25(23)35-34-24/h3-11,13-14,22H,12,30H2,1-2H3,(H,33,38)(H,31,32,34,35). The Kier molecular flexibility index (Phi) is 6.94. The Labute approximate surface area is 220 Å². The monoisotopic (exact) mass is 530 g/mol. The van der Waals surface area contributed by atoms with Gasteiger partial charge in [-0.2, -0.15) is 14.9 Å². The van der Waals surface area contributed by atoms with E-state index in [9.17, 15) is 18.4 Å². The average Bonchev–Trinajstić information content (AvgIpc) is 3.35. The molecule has 39 heavy (non-hydrogen) atoms. The highest BCUT2D eigenvalue weighted by Crippen LogP contribution is 2.29. The number of hydrogen-bond donors (Lipinski definition) is 3. The zero-order chi connectivity index (χ0) is 27.7. The Bertz CT molecular complexity index is 1710. The normalized spacial score (nSPS) is 12.2. The summed E-state index contributed by atoms with van der Waals surface area (Å²) in [6.45, 7) is 3.78. The molecule has 0 aliphatic heterocycles. The Morgan fingerprint density at radius 3 is 2.49 bits per heavy atom. The number of H-pyrrole nitrogens is 1. The molecule has 12 heteroatoms. The first-order valence-electron chi connectivity index (χ1n) is 12.1. The van der Waals surface area contributed by atoms with E-state index < -0.39 is 23.6 Å². The highest BCUT2D eigenvalue weighted by Gasteiger charge is 2.19. The lowest BCUT2D eigenvalue weighted by atomic mass is 10.1. The molecule has 0 saturated heterocycles. The summed E-state index contributed by atoms with van der Waals surface area (Å²) in [5.74, 6) is -1.15. The predicted octanol–water partition coefficient (Wildman–Crippen LogP) is 3.88. The number of nitrogens with two attached hydrogens (primary N) is 1. The fourth-order valence-electron chi connectivity index (χ4n) is 4.10. The molecule has 1 amide bonds. The van der Waals surface area contributed by atoms with Gasteiger partial charge >= 0.3 is 0 Å². The molecule has 1 unspecified atom stereocenters. The molecule has 0 saturated carbocycles. The smallest absolute Gasteiger partial charge is 0.284 e. The van der Waals surface area contributed by atoms with Gasteiger partial charge in [-0.15, -0.1) is 0 Å². The molecule has 5 aromatic rings. The van der Waals surface area contributed by atoms with Gasteiger partial charge in [0, 0.05) is 17.7 Å². The minimum Gasteiger partial charge on any atom is -0.322 e. The van der Waals surface area contributed by atoms with Crippen molar-refractivity contribution in [2.45, 2.75) is 32.5 Å². The number of alkyl halides is 1. The molecule has 2 aromatic carbocycles. The van der Waals surface area contributed by atoms with Crippen LogP contribution in [0.3, 0.4) is 0 Å². The number of nitrogens with one attached hydrogen (secondary N) is 2. The molecule has 0 fully saturated rings. The van der Waals surface area contributed by atoms with Crippen molar-refractivity contribution in [3.8, 4) is 16.9 Å². The van der Waals surface area contributed by atoms with Crippen LogP contribution in [0.1, 0.15) is 41.5 Å². The molecule has 3 aromatic heterocycles. The summed E-state index contributed by atoms with van der Waals surface area (Å²) in [6, 6.07) is 13.5. The van der Waals surface area contributed by atoms with Crippen molar-refractivity contribution in [1.82, 2.24) is 29.9 Å². The molecule has 5 rings (SSSR count). The lowest BCUT2D eigenvalue weighted by Crippen LogP contribution is -2.31. The van der Waals surface area contributed by atoms with E-state index in [2.05, 4.69) is 30.6 Å². The summed E-state index contributed by atoms with van der Waals surface area (Å²) >= 11 is 0. The molecule has 3 heterocycles. The summed E-state index contributed by atoms with van der Waals surface area (Å²) in [5, 5.41) is 14.7. The molecule has 0 radical (unpaired) electrons. The van der Waals surface area contributed by atoms with Gasteiger partial charge in [-0.1, -0.05) is 26.0 Å². The highest BCUT2D eigenvalue weighted by atomic mass is 19.1. The number of carbonyl (C=O) groups excluding carboxylic acids is 1. The lowest BCUT2D eigenvalue weighted by molar-refractivity contribution is 0.102. The summed E-state index contributed by atoms with van der Waals surface area (Å²) in [6.07, 6.45) is -0.378. The predicted molar refractivity (Wildman–Crippen MR) is 142 cm³/mol. The second-order valence-corrected chi connectivity index (χ2v) is 9.20. The third-order valence-corrected chi connectivity index (χ3v) is 6.09. The zero-order valence-electron chi connectivity index (χ0n) is 21.0. The van der Waals surface area contributed by atoms with E-state index in [0.29, 0.717) is 45.1 Å². The Morgan fingerprint density at radius 2 is 1.82 bits per heavy atom. The van der Waals surface area contributed by atoms with Crippen LogP contribution in [0.15, 0.2) is 65.7 Å². The number of rotatable bonds is 7. The van der Waals surface area contributed by atoms with Crippen molar-refractivity contribution < 1.29 is 13.6 Å². The number of aromatic nitrogens is 6. The second kappa shape index (κ2) is 10.5. The van der Waals surface area contributed by atoms with E-state index in [4.69, 9.17) is 5.73 Å². The van der Waals surface area contributed by atoms with Gasteiger partial charge in [0.15, 0.2) is 11.9 Å². The van der Waals surface area contributed by atoms with Crippen molar-refractivity contribution >= 4 is 22.6 Å². The number of nitrogens with zero attached hydrogens (tertiary/aromatic N) is 5. The Hall–Kier alpha value is -4.84. The average molecular weight is 531 g/mol. The lowest BCUT2D eigenvalue weighted by Gasteiger charge is -2.13. The van der Waals surface area contributed by atoms with Crippen molar-refractivity contribution in [1.29, 1.82) is 0 Å². The second-order valence-electron chi connectivity index (χ2n) is 9.20. The minimum atomic E-state index is -1.58. The number of anilines is 1. The number of halogens is 2. The first-order chi connectivity index (χ1) is 18.7. The van der Waals surface area contributed by atoms with E-state index in [0.717, 1.165) is 4.68 Å². The maximum Gasteiger partial charge on any atom is 0.284 e. The largest absolute Gasteiger partial charge is 0.322 e. The van der Waals surface area contributed by atoms with Crippen molar-refractivity contribution in [3.05, 3.63) is 94.0 Å². The van der Waals surface area contributed by atoms with Crippen LogP contribution in [0.4, 0.5) is 14.5 Å². The minimum absolute atomic E-state index is 0.0758. The third-order valence-electron chi connectivity index (χ3n) is 6.09. The molecular formula is C27H24F2N8O2. The molecule has 10 nitrogen and oxygen atoms in total. The van der Waals surface area contributed by atoms with Gasteiger partial charge in [0.05, 0.1) is 28.2 Å². The van der Waals surface area contributed by atoms with Crippen LogP contribution < -0.4 is 16.6 Å². The van der Waals surface area contributed by atoms with Crippen LogP contribution in [-0.2, 0) is 6.42 Å². The van der Waals surface area contributed by atoms with Crippen LogP contribution in [0.2, 0.25) is 0 Å². The first kappa shape index (κ1) is 25.8. The molecular weight excluding hydrogens is 506 g/mol. The molecule has 198 valence electrons. The zero-order valence-corrected chi connectivity index (χ0v) is 21.0. The Morgan fingerprint density at radius 1 is 1.10 bits per heavy atom. The van der Waals surface area contributed by atoms with Gasteiger partial charge < -0.3 is 11.1 Å². The van der Waals surface area contributed by atoms with E-state index in [-0.39, 0.29) is 17.9 Å². The molecule has 1 atom stereocenters. The summed E-state index contributed by atoms with van der Waals surface area (Å²) in [5.41, 5.74) is 7.97. The molecule has 0 aliphatic rings. The number of carbonyl (C=O) groups is 1. The number of amides is 1. The van der Waals surface area contributed by atoms with Crippen LogP contribution >= 0.6 is 0 Å². The van der Waals surface area contributed by atoms with Gasteiger partial charge in [0.1, 0.15) is 17.7 Å². The van der Waals surface area contributed by atoms with Crippen LogP contribution in [0, 0.1) is 5.82 Å². The van der Waals surface area contributed by atoms with Gasteiger partial charge in [0.2, 0.25) is 0 Å². The fourth-order valence-corrected chi connectivity index (χ4v) is 4.10. The SMILES string of the molecule is CC(C)c1cc(C(=O)Nc2ccc(-c3[nH]nc4ncnc(CC(N)F)c34)cc2)c(=O)n(-c2ccc(F)cc2)n1. The van der Waals surface area contributed by atoms with Crippen LogP contribution in [-0.4, -0.2) is 42.1 Å². The van der Waals surface area contributed by atoms with E-state index >= 15 is 0 Å². The number of aromatic amines is 1. The molecule has 4 N–H and O–H groups in total. The van der Waals surface area contributed by atoms with Crippen molar-refractivity contribution in [2.75, 3.05) is 5.32 Å². The number of hydrogen-bond acceptors (Lipinski definition) is 7. The summed E-state index contributed by atoms with van der Waals surface area (Å²) < 4.78 is 28.0. The van der Waals surface area contributed by atoms with Gasteiger partial charge in [-0.3, -0.25) is 14.7 Å². The topological polar surface area (TPSA) is 144 Å². The van der Waals surface area contributed by atoms with E-state index in [1.807, 2.05) is 13.8 Å². The molecule has 0 bridgehead atoms. The van der Waals surface area contributed by atoms with Gasteiger partial charge in [-0.05, 0) is 48.4 Å².